The van der Waals surface area contributed by atoms with Gasteiger partial charge in [0.2, 0.25) is 0 Å². The summed E-state index contributed by atoms with van der Waals surface area (Å²) in [6.45, 7) is 6.27. The fraction of sp³-hybridized carbons (Fsp3) is 0.429. The second-order valence-electron chi connectivity index (χ2n) is 4.48. The van der Waals surface area contributed by atoms with Gasteiger partial charge < -0.3 is 4.72 Å². The fourth-order valence-electron chi connectivity index (χ4n) is 1.95. The zero-order valence-electron chi connectivity index (χ0n) is 9.83. The number of benzene rings is 1. The minimum atomic E-state index is 0.593. The van der Waals surface area contributed by atoms with E-state index in [-0.39, 0.29) is 0 Å². The summed E-state index contributed by atoms with van der Waals surface area (Å²) < 4.78 is 3.43. The van der Waals surface area contributed by atoms with Gasteiger partial charge in [-0.15, -0.1) is 0 Å². The van der Waals surface area contributed by atoms with Gasteiger partial charge in [0.1, 0.15) is 0 Å². The number of nitrogens with one attached hydrogen (secondary N) is 1. The van der Waals surface area contributed by atoms with E-state index in [0.717, 1.165) is 0 Å². The van der Waals surface area contributed by atoms with Gasteiger partial charge in [-0.2, -0.15) is 0 Å². The molecule has 1 aliphatic rings. The molecule has 0 bridgehead atoms. The van der Waals surface area contributed by atoms with Gasteiger partial charge in [0.25, 0.3) is 0 Å². The molecule has 0 saturated heterocycles. The number of anilines is 1. The van der Waals surface area contributed by atoms with Crippen molar-refractivity contribution in [2.24, 2.45) is 0 Å². The molecule has 1 atom stereocenters. The molecule has 1 nitrogen and oxygen atoms in total. The third-order valence-corrected chi connectivity index (χ3v) is 4.25. The standard InChI is InChI=1S/C14H19NS/c1-11-7-9-13(10-8-11)15-16-14-6-4-3-5-12(14)2/h7-10,14-15H,2-6H2,1H3. The second-order valence-corrected chi connectivity index (χ2v) is 5.49. The highest BCUT2D eigenvalue weighted by Gasteiger charge is 2.17. The maximum absolute atomic E-state index is 4.16. The number of hydrogen-bond donors (Lipinski definition) is 1. The molecule has 1 fully saturated rings. The third-order valence-electron chi connectivity index (χ3n) is 3.04. The molecule has 1 unspecified atom stereocenters. The molecule has 2 rings (SSSR count). The lowest BCUT2D eigenvalue weighted by Crippen LogP contribution is -2.13. The first-order valence-corrected chi connectivity index (χ1v) is 6.79. The smallest absolute Gasteiger partial charge is 0.0452 e. The van der Waals surface area contributed by atoms with Crippen molar-refractivity contribution < 1.29 is 0 Å². The number of rotatable bonds is 3. The zero-order valence-corrected chi connectivity index (χ0v) is 10.6. The Morgan fingerprint density at radius 2 is 2.00 bits per heavy atom. The van der Waals surface area contributed by atoms with Crippen LogP contribution in [-0.4, -0.2) is 5.25 Å². The molecule has 0 spiro atoms. The average molecular weight is 233 g/mol. The Labute approximate surface area is 102 Å². The lowest BCUT2D eigenvalue weighted by Gasteiger charge is -2.24. The first-order chi connectivity index (χ1) is 7.75. The number of aryl methyl sites for hydroxylation is 1. The minimum absolute atomic E-state index is 0.593. The van der Waals surface area contributed by atoms with Crippen LogP contribution in [0.15, 0.2) is 36.4 Å². The molecule has 86 valence electrons. The van der Waals surface area contributed by atoms with Gasteiger partial charge in [-0.3, -0.25) is 0 Å². The van der Waals surface area contributed by atoms with Gasteiger partial charge in [-0.05, 0) is 50.3 Å². The summed E-state index contributed by atoms with van der Waals surface area (Å²) >= 11 is 1.81. The van der Waals surface area contributed by atoms with E-state index in [1.165, 1.54) is 42.5 Å². The van der Waals surface area contributed by atoms with E-state index >= 15 is 0 Å². The molecule has 0 aromatic heterocycles. The molecule has 2 heteroatoms. The third kappa shape index (κ3) is 3.05. The molecule has 1 N–H and O–H groups in total. The van der Waals surface area contributed by atoms with Gasteiger partial charge in [0, 0.05) is 10.9 Å². The van der Waals surface area contributed by atoms with Crippen molar-refractivity contribution >= 4 is 17.6 Å². The van der Waals surface area contributed by atoms with E-state index in [4.69, 9.17) is 0 Å². The van der Waals surface area contributed by atoms with E-state index < -0.39 is 0 Å². The number of hydrogen-bond acceptors (Lipinski definition) is 2. The van der Waals surface area contributed by atoms with Gasteiger partial charge >= 0.3 is 0 Å². The van der Waals surface area contributed by atoms with Crippen LogP contribution in [0.25, 0.3) is 0 Å². The summed E-state index contributed by atoms with van der Waals surface area (Å²) in [6.07, 6.45) is 5.13. The summed E-state index contributed by atoms with van der Waals surface area (Å²) in [5.41, 5.74) is 3.89. The highest BCUT2D eigenvalue weighted by Crippen LogP contribution is 2.32. The topological polar surface area (TPSA) is 12.0 Å². The van der Waals surface area contributed by atoms with E-state index in [9.17, 15) is 0 Å². The SMILES string of the molecule is C=C1CCCCC1SNc1ccc(C)cc1. The molecule has 1 aromatic rings. The quantitative estimate of drug-likeness (QED) is 0.607. The monoisotopic (exact) mass is 233 g/mol. The molecule has 0 radical (unpaired) electrons. The van der Waals surface area contributed by atoms with Crippen LogP contribution in [0.1, 0.15) is 31.2 Å². The lowest BCUT2D eigenvalue weighted by atomic mass is 9.96. The molecule has 1 aliphatic carbocycles. The highest BCUT2D eigenvalue weighted by molar-refractivity contribution is 8.01. The van der Waals surface area contributed by atoms with Gasteiger partial charge in [-0.25, -0.2) is 0 Å². The van der Waals surface area contributed by atoms with Crippen LogP contribution in [0.4, 0.5) is 5.69 Å². The van der Waals surface area contributed by atoms with E-state index in [1.807, 2.05) is 11.9 Å². The molecule has 0 aliphatic heterocycles. The lowest BCUT2D eigenvalue weighted by molar-refractivity contribution is 0.611. The molecule has 1 aromatic carbocycles. The highest BCUT2D eigenvalue weighted by atomic mass is 32.2. The molecular weight excluding hydrogens is 214 g/mol. The van der Waals surface area contributed by atoms with Crippen LogP contribution >= 0.6 is 11.9 Å². The predicted molar refractivity (Wildman–Crippen MR) is 73.8 cm³/mol. The zero-order chi connectivity index (χ0) is 11.4. The van der Waals surface area contributed by atoms with E-state index in [1.54, 1.807) is 0 Å². The van der Waals surface area contributed by atoms with E-state index in [0.29, 0.717) is 5.25 Å². The van der Waals surface area contributed by atoms with Gasteiger partial charge in [0.15, 0.2) is 0 Å². The summed E-state index contributed by atoms with van der Waals surface area (Å²) in [7, 11) is 0. The molecule has 0 heterocycles. The van der Waals surface area contributed by atoms with Crippen LogP contribution in [0.3, 0.4) is 0 Å². The molecular formula is C14H19NS. The Morgan fingerprint density at radius 3 is 2.69 bits per heavy atom. The Bertz CT molecular complexity index is 356. The van der Waals surface area contributed by atoms with Crippen molar-refractivity contribution in [1.29, 1.82) is 0 Å². The largest absolute Gasteiger partial charge is 0.329 e. The van der Waals surface area contributed by atoms with Crippen molar-refractivity contribution in [3.63, 3.8) is 0 Å². The first-order valence-electron chi connectivity index (χ1n) is 5.92. The molecule has 1 saturated carbocycles. The Kier molecular flexibility index (Phi) is 3.94. The summed E-state index contributed by atoms with van der Waals surface area (Å²) in [5, 5.41) is 0.593. The average Bonchev–Trinajstić information content (AvgIpc) is 2.30. The van der Waals surface area contributed by atoms with E-state index in [2.05, 4.69) is 42.5 Å². The second kappa shape index (κ2) is 5.44. The maximum atomic E-state index is 4.16. The van der Waals surface area contributed by atoms with Gasteiger partial charge in [-0.1, -0.05) is 36.3 Å². The maximum Gasteiger partial charge on any atom is 0.0452 e. The van der Waals surface area contributed by atoms with Crippen LogP contribution in [0.2, 0.25) is 0 Å². The van der Waals surface area contributed by atoms with Crippen molar-refractivity contribution in [1.82, 2.24) is 0 Å². The van der Waals surface area contributed by atoms with Crippen LogP contribution < -0.4 is 4.72 Å². The fourth-order valence-corrected chi connectivity index (χ4v) is 2.93. The van der Waals surface area contributed by atoms with Crippen molar-refractivity contribution in [2.75, 3.05) is 4.72 Å². The van der Waals surface area contributed by atoms with Crippen molar-refractivity contribution in [3.05, 3.63) is 42.0 Å². The van der Waals surface area contributed by atoms with Crippen LogP contribution in [0.5, 0.6) is 0 Å². The summed E-state index contributed by atoms with van der Waals surface area (Å²) in [6, 6.07) is 8.54. The van der Waals surface area contributed by atoms with Crippen molar-refractivity contribution in [2.45, 2.75) is 37.9 Å². The van der Waals surface area contributed by atoms with Gasteiger partial charge in [0.05, 0.1) is 0 Å². The normalized spacial score (nSPS) is 20.8. The summed E-state index contributed by atoms with van der Waals surface area (Å²) in [5.74, 6) is 0. The molecule has 16 heavy (non-hydrogen) atoms. The van der Waals surface area contributed by atoms with Crippen molar-refractivity contribution in [3.8, 4) is 0 Å². The minimum Gasteiger partial charge on any atom is -0.329 e. The first kappa shape index (κ1) is 11.6. The molecule has 0 amide bonds. The Morgan fingerprint density at radius 1 is 1.25 bits per heavy atom. The summed E-state index contributed by atoms with van der Waals surface area (Å²) in [4.78, 5) is 0. The predicted octanol–water partition coefficient (Wildman–Crippen LogP) is 4.55. The Balaban J connectivity index is 1.86. The van der Waals surface area contributed by atoms with Crippen LogP contribution in [-0.2, 0) is 0 Å². The van der Waals surface area contributed by atoms with Crippen LogP contribution in [0, 0.1) is 6.92 Å². The Hall–Kier alpha value is -0.890.